The quantitative estimate of drug-likeness (QED) is 0.775. The molecule has 0 radical (unpaired) electrons. The zero-order valence-electron chi connectivity index (χ0n) is 17.4. The summed E-state index contributed by atoms with van der Waals surface area (Å²) in [5.74, 6) is 1.86. The molecule has 0 bridgehead atoms. The molecule has 156 valence electrons. The number of aryl methyl sites for hydroxylation is 1. The lowest BCUT2D eigenvalue weighted by molar-refractivity contribution is -0.132. The number of rotatable bonds is 5. The van der Waals surface area contributed by atoms with Crippen LogP contribution < -0.4 is 5.69 Å². The van der Waals surface area contributed by atoms with Gasteiger partial charge in [0.2, 0.25) is 5.91 Å². The van der Waals surface area contributed by atoms with Crippen molar-refractivity contribution in [2.24, 2.45) is 13.0 Å². The van der Waals surface area contributed by atoms with Crippen molar-refractivity contribution < 1.29 is 4.79 Å². The minimum Gasteiger partial charge on any atom is -0.342 e. The molecule has 1 atom stereocenters. The highest BCUT2D eigenvalue weighted by atomic mass is 16.2. The Morgan fingerprint density at radius 2 is 1.83 bits per heavy atom. The van der Waals surface area contributed by atoms with E-state index in [1.54, 1.807) is 11.6 Å². The summed E-state index contributed by atoms with van der Waals surface area (Å²) in [5.41, 5.74) is 0.702. The minimum atomic E-state index is -0.132. The summed E-state index contributed by atoms with van der Waals surface area (Å²) in [4.78, 5) is 27.6. The lowest BCUT2D eigenvalue weighted by Gasteiger charge is -2.33. The van der Waals surface area contributed by atoms with Gasteiger partial charge in [-0.05, 0) is 37.3 Å². The Labute approximate surface area is 172 Å². The van der Waals surface area contributed by atoms with E-state index in [-0.39, 0.29) is 17.5 Å². The van der Waals surface area contributed by atoms with Crippen LogP contribution >= 0.6 is 0 Å². The van der Waals surface area contributed by atoms with Crippen molar-refractivity contribution in [1.82, 2.24) is 19.2 Å². The van der Waals surface area contributed by atoms with Gasteiger partial charge in [0.15, 0.2) is 0 Å². The van der Waals surface area contributed by atoms with E-state index in [0.29, 0.717) is 13.0 Å². The topological polar surface area (TPSA) is 60.1 Å². The van der Waals surface area contributed by atoms with E-state index in [0.717, 1.165) is 43.2 Å². The number of benzene rings is 1. The van der Waals surface area contributed by atoms with Crippen LogP contribution in [0.1, 0.15) is 69.5 Å². The van der Waals surface area contributed by atoms with Gasteiger partial charge in [-0.15, -0.1) is 0 Å². The van der Waals surface area contributed by atoms with E-state index in [4.69, 9.17) is 0 Å². The number of nitrogens with zero attached hydrogens (tertiary/aromatic N) is 4. The van der Waals surface area contributed by atoms with E-state index in [1.165, 1.54) is 36.8 Å². The normalized spacial score (nSPS) is 20.7. The van der Waals surface area contributed by atoms with Crippen LogP contribution in [0.3, 0.4) is 0 Å². The summed E-state index contributed by atoms with van der Waals surface area (Å²) >= 11 is 0. The number of hydrogen-bond acceptors (Lipinski definition) is 3. The molecule has 1 aliphatic carbocycles. The average molecular weight is 397 g/mol. The Morgan fingerprint density at radius 1 is 1.07 bits per heavy atom. The number of likely N-dealkylation sites (tertiary alicyclic amines) is 1. The Bertz CT molecular complexity index is 880. The molecule has 1 amide bonds. The van der Waals surface area contributed by atoms with Crippen molar-refractivity contribution in [1.29, 1.82) is 0 Å². The van der Waals surface area contributed by atoms with Crippen LogP contribution in [-0.2, 0) is 11.8 Å². The Morgan fingerprint density at radius 3 is 2.59 bits per heavy atom. The molecule has 2 aromatic rings. The summed E-state index contributed by atoms with van der Waals surface area (Å²) in [6.07, 6.45) is 10.2. The molecule has 4 rings (SSSR count). The van der Waals surface area contributed by atoms with Gasteiger partial charge >= 0.3 is 5.69 Å². The number of para-hydroxylation sites is 1. The van der Waals surface area contributed by atoms with E-state index in [2.05, 4.69) is 5.10 Å². The van der Waals surface area contributed by atoms with Crippen molar-refractivity contribution in [3.63, 3.8) is 0 Å². The van der Waals surface area contributed by atoms with Crippen molar-refractivity contribution >= 4 is 5.91 Å². The summed E-state index contributed by atoms with van der Waals surface area (Å²) in [6, 6.07) is 9.67. The van der Waals surface area contributed by atoms with Gasteiger partial charge < -0.3 is 4.90 Å². The highest BCUT2D eigenvalue weighted by Crippen LogP contribution is 2.30. The fraction of sp³-hybridized carbons (Fsp3) is 0.609. The molecule has 1 aromatic carbocycles. The number of piperidine rings is 1. The second-order valence-electron chi connectivity index (χ2n) is 8.66. The lowest BCUT2D eigenvalue weighted by atomic mass is 9.86. The van der Waals surface area contributed by atoms with E-state index >= 15 is 0 Å². The van der Waals surface area contributed by atoms with Gasteiger partial charge in [-0.25, -0.2) is 14.0 Å². The second-order valence-corrected chi connectivity index (χ2v) is 8.66. The third-order valence-corrected chi connectivity index (χ3v) is 6.59. The number of hydrogen-bond donors (Lipinski definition) is 0. The van der Waals surface area contributed by atoms with Crippen molar-refractivity contribution in [2.75, 3.05) is 13.1 Å². The zero-order chi connectivity index (χ0) is 20.2. The van der Waals surface area contributed by atoms with Crippen LogP contribution in [-0.4, -0.2) is 38.2 Å². The van der Waals surface area contributed by atoms with Crippen molar-refractivity contribution in [3.05, 3.63) is 46.6 Å². The molecule has 6 heteroatoms. The monoisotopic (exact) mass is 396 g/mol. The molecule has 2 fully saturated rings. The minimum absolute atomic E-state index is 0.0940. The summed E-state index contributed by atoms with van der Waals surface area (Å²) in [7, 11) is 1.70. The molecule has 2 heterocycles. The van der Waals surface area contributed by atoms with Gasteiger partial charge in [-0.1, -0.05) is 50.3 Å². The van der Waals surface area contributed by atoms with E-state index in [1.807, 2.05) is 35.2 Å². The second kappa shape index (κ2) is 8.97. The van der Waals surface area contributed by atoms with Gasteiger partial charge in [-0.2, -0.15) is 5.10 Å². The molecule has 29 heavy (non-hydrogen) atoms. The molecule has 1 aromatic heterocycles. The number of amides is 1. The molecular weight excluding hydrogens is 364 g/mol. The predicted octanol–water partition coefficient (Wildman–Crippen LogP) is 3.64. The van der Waals surface area contributed by atoms with Gasteiger partial charge in [-0.3, -0.25) is 4.79 Å². The third-order valence-electron chi connectivity index (χ3n) is 6.59. The van der Waals surface area contributed by atoms with Gasteiger partial charge in [0.05, 0.1) is 5.69 Å². The van der Waals surface area contributed by atoms with Crippen LogP contribution in [0.15, 0.2) is 35.1 Å². The maximum absolute atomic E-state index is 12.9. The van der Waals surface area contributed by atoms with Crippen LogP contribution in [0.4, 0.5) is 0 Å². The first-order chi connectivity index (χ1) is 14.1. The van der Waals surface area contributed by atoms with E-state index in [9.17, 15) is 9.59 Å². The molecule has 6 nitrogen and oxygen atoms in total. The molecule has 2 aliphatic rings. The van der Waals surface area contributed by atoms with E-state index < -0.39 is 0 Å². The standard InChI is InChI=1S/C23H32N4O2/c1-25-23(29)27(20-12-6-3-7-13-20)22(24-25)19-11-8-16-26(17-19)21(28)15-14-18-9-4-2-5-10-18/h3,6-7,12-13,18-19H,2,4-5,8-11,14-17H2,1H3. The maximum atomic E-state index is 12.9. The molecule has 1 aliphatic heterocycles. The largest absolute Gasteiger partial charge is 0.350 e. The van der Waals surface area contributed by atoms with Gasteiger partial charge in [0.1, 0.15) is 5.82 Å². The average Bonchev–Trinajstić information content (AvgIpc) is 3.08. The number of aromatic nitrogens is 3. The van der Waals surface area contributed by atoms with Crippen LogP contribution in [0.2, 0.25) is 0 Å². The van der Waals surface area contributed by atoms with Crippen LogP contribution in [0, 0.1) is 5.92 Å². The summed E-state index contributed by atoms with van der Waals surface area (Å²) in [6.45, 7) is 1.48. The summed E-state index contributed by atoms with van der Waals surface area (Å²) < 4.78 is 3.12. The summed E-state index contributed by atoms with van der Waals surface area (Å²) in [5, 5.41) is 4.55. The lowest BCUT2D eigenvalue weighted by Crippen LogP contribution is -2.40. The van der Waals surface area contributed by atoms with Crippen LogP contribution in [0.5, 0.6) is 0 Å². The van der Waals surface area contributed by atoms with Crippen LogP contribution in [0.25, 0.3) is 5.69 Å². The smallest absolute Gasteiger partial charge is 0.342 e. The zero-order valence-corrected chi connectivity index (χ0v) is 17.4. The molecule has 0 N–H and O–H groups in total. The third kappa shape index (κ3) is 4.46. The molecule has 1 saturated carbocycles. The highest BCUT2D eigenvalue weighted by molar-refractivity contribution is 5.76. The first-order valence-electron chi connectivity index (χ1n) is 11.1. The van der Waals surface area contributed by atoms with Gasteiger partial charge in [0, 0.05) is 32.5 Å². The Hall–Kier alpha value is -2.37. The van der Waals surface area contributed by atoms with Crippen molar-refractivity contribution in [2.45, 2.75) is 63.7 Å². The Kier molecular flexibility index (Phi) is 6.16. The predicted molar refractivity (Wildman–Crippen MR) is 113 cm³/mol. The fourth-order valence-electron chi connectivity index (χ4n) is 4.94. The van der Waals surface area contributed by atoms with Crippen molar-refractivity contribution in [3.8, 4) is 5.69 Å². The molecule has 1 unspecified atom stereocenters. The first-order valence-corrected chi connectivity index (χ1v) is 11.1. The maximum Gasteiger partial charge on any atom is 0.350 e. The SMILES string of the molecule is Cn1nc(C2CCCN(C(=O)CCC3CCCCC3)C2)n(-c2ccccc2)c1=O. The highest BCUT2D eigenvalue weighted by Gasteiger charge is 2.30. The number of carbonyl (C=O) groups is 1. The van der Waals surface area contributed by atoms with Gasteiger partial charge in [0.25, 0.3) is 0 Å². The molecular formula is C23H32N4O2. The Balaban J connectivity index is 1.47. The fourth-order valence-corrected chi connectivity index (χ4v) is 4.94. The molecule has 0 spiro atoms. The number of carbonyl (C=O) groups excluding carboxylic acids is 1. The first kappa shape index (κ1) is 19.9. The molecule has 1 saturated heterocycles.